The fourth-order valence-corrected chi connectivity index (χ4v) is 1.82. The highest BCUT2D eigenvalue weighted by atomic mass is 19.1. The lowest BCUT2D eigenvalue weighted by Crippen LogP contribution is -2.60. The average molecular weight is 206 g/mol. The van der Waals surface area contributed by atoms with Crippen LogP contribution in [0.2, 0.25) is 0 Å². The average Bonchev–Trinajstić information content (AvgIpc) is 2.14. The van der Waals surface area contributed by atoms with E-state index in [4.69, 9.17) is 5.26 Å². The molecule has 0 aliphatic carbocycles. The van der Waals surface area contributed by atoms with Gasteiger partial charge >= 0.3 is 0 Å². The topological polar surface area (TPSA) is 47.3 Å². The molecule has 0 radical (unpaired) electrons. The van der Waals surface area contributed by atoms with Crippen molar-refractivity contribution in [2.45, 2.75) is 12.5 Å². The summed E-state index contributed by atoms with van der Waals surface area (Å²) in [6.07, 6.45) is 0. The number of rotatable bonds is 1. The summed E-state index contributed by atoms with van der Waals surface area (Å²) < 4.78 is 12.9. The monoisotopic (exact) mass is 206 g/mol. The Morgan fingerprint density at radius 2 is 2.20 bits per heavy atom. The van der Waals surface area contributed by atoms with Gasteiger partial charge in [-0.05, 0) is 25.1 Å². The van der Waals surface area contributed by atoms with E-state index in [9.17, 15) is 9.50 Å². The molecule has 3 nitrogen and oxygen atoms in total. The lowest BCUT2D eigenvalue weighted by Gasteiger charge is -2.46. The van der Waals surface area contributed by atoms with Crippen LogP contribution in [0.15, 0.2) is 18.2 Å². The minimum atomic E-state index is -0.693. The van der Waals surface area contributed by atoms with E-state index < -0.39 is 11.4 Å². The van der Waals surface area contributed by atoms with E-state index in [-0.39, 0.29) is 0 Å². The molecule has 15 heavy (non-hydrogen) atoms. The smallest absolute Gasteiger partial charge is 0.124 e. The van der Waals surface area contributed by atoms with Crippen molar-refractivity contribution in [3.05, 3.63) is 29.6 Å². The van der Waals surface area contributed by atoms with E-state index in [1.165, 1.54) is 12.1 Å². The van der Waals surface area contributed by atoms with Gasteiger partial charge in [-0.3, -0.25) is 0 Å². The van der Waals surface area contributed by atoms with Crippen LogP contribution in [0.25, 0.3) is 0 Å². The first-order chi connectivity index (χ1) is 7.02. The normalized spacial score (nSPS) is 18.1. The molecular weight excluding hydrogens is 195 g/mol. The molecule has 0 unspecified atom stereocenters. The van der Waals surface area contributed by atoms with E-state index >= 15 is 0 Å². The zero-order valence-corrected chi connectivity index (χ0v) is 8.37. The summed E-state index contributed by atoms with van der Waals surface area (Å²) in [7, 11) is 0. The van der Waals surface area contributed by atoms with Gasteiger partial charge in [0.05, 0.1) is 16.9 Å². The summed E-state index contributed by atoms with van der Waals surface area (Å²) >= 11 is 0. The van der Waals surface area contributed by atoms with Crippen LogP contribution in [0.1, 0.15) is 12.5 Å². The second-order valence-corrected chi connectivity index (χ2v) is 4.13. The van der Waals surface area contributed by atoms with E-state index in [0.29, 0.717) is 24.3 Å². The predicted octanol–water partition coefficient (Wildman–Crippen LogP) is 1.27. The Morgan fingerprint density at radius 3 is 2.73 bits per heavy atom. The SMILES string of the molecule is CC1(O)CN(c2ccc(F)cc2C#N)C1. The third-order valence-electron chi connectivity index (χ3n) is 2.48. The molecule has 0 spiro atoms. The van der Waals surface area contributed by atoms with E-state index in [2.05, 4.69) is 0 Å². The zero-order chi connectivity index (χ0) is 11.1. The number of halogens is 1. The van der Waals surface area contributed by atoms with Gasteiger partial charge in [-0.2, -0.15) is 5.26 Å². The van der Waals surface area contributed by atoms with Crippen LogP contribution in [-0.4, -0.2) is 23.8 Å². The van der Waals surface area contributed by atoms with Crippen molar-refractivity contribution in [1.82, 2.24) is 0 Å². The zero-order valence-electron chi connectivity index (χ0n) is 8.37. The van der Waals surface area contributed by atoms with Crippen LogP contribution in [0.5, 0.6) is 0 Å². The Bertz CT molecular complexity index is 429. The van der Waals surface area contributed by atoms with Crippen LogP contribution in [-0.2, 0) is 0 Å². The van der Waals surface area contributed by atoms with E-state index in [1.54, 1.807) is 13.0 Å². The third kappa shape index (κ3) is 1.79. The number of nitriles is 1. The number of β-amino-alcohol motifs (C(OH)–C–C–N with tert-alkyl or cyclic N) is 1. The molecule has 1 aliphatic heterocycles. The molecule has 1 N–H and O–H groups in total. The molecule has 1 aromatic carbocycles. The van der Waals surface area contributed by atoms with Gasteiger partial charge in [-0.25, -0.2) is 4.39 Å². The van der Waals surface area contributed by atoms with Crippen LogP contribution < -0.4 is 4.90 Å². The van der Waals surface area contributed by atoms with Crippen molar-refractivity contribution in [2.75, 3.05) is 18.0 Å². The Labute approximate surface area is 87.4 Å². The standard InChI is InChI=1S/C11H11FN2O/c1-11(15)6-14(7-11)10-3-2-9(12)4-8(10)5-13/h2-4,15H,6-7H2,1H3. The number of nitrogens with zero attached hydrogens (tertiary/aromatic N) is 2. The summed E-state index contributed by atoms with van der Waals surface area (Å²) in [5, 5.41) is 18.4. The maximum absolute atomic E-state index is 12.9. The summed E-state index contributed by atoms with van der Waals surface area (Å²) in [4.78, 5) is 1.86. The molecule has 0 bridgehead atoms. The molecule has 1 aromatic rings. The van der Waals surface area contributed by atoms with Gasteiger partial charge in [0.2, 0.25) is 0 Å². The first-order valence-electron chi connectivity index (χ1n) is 4.69. The highest BCUT2D eigenvalue weighted by Crippen LogP contribution is 2.30. The Kier molecular flexibility index (Phi) is 2.13. The maximum atomic E-state index is 12.9. The Hall–Kier alpha value is -1.60. The van der Waals surface area contributed by atoms with Crippen LogP contribution in [0.3, 0.4) is 0 Å². The molecule has 0 aromatic heterocycles. The Balaban J connectivity index is 2.27. The minimum Gasteiger partial charge on any atom is -0.386 e. The third-order valence-corrected chi connectivity index (χ3v) is 2.48. The molecular formula is C11H11FN2O. The molecule has 78 valence electrons. The molecule has 0 atom stereocenters. The summed E-state index contributed by atoms with van der Waals surface area (Å²) in [5.41, 5.74) is 0.303. The van der Waals surface area contributed by atoms with Crippen molar-refractivity contribution < 1.29 is 9.50 Å². The fraction of sp³-hybridized carbons (Fsp3) is 0.364. The lowest BCUT2D eigenvalue weighted by molar-refractivity contribution is 0.0310. The van der Waals surface area contributed by atoms with Crippen LogP contribution in [0, 0.1) is 17.1 Å². The molecule has 1 heterocycles. The highest BCUT2D eigenvalue weighted by Gasteiger charge is 2.37. The van der Waals surface area contributed by atoms with Gasteiger partial charge in [0.15, 0.2) is 0 Å². The molecule has 0 amide bonds. The Morgan fingerprint density at radius 1 is 1.53 bits per heavy atom. The summed E-state index contributed by atoms with van der Waals surface area (Å²) in [6.45, 7) is 2.69. The van der Waals surface area contributed by atoms with Gasteiger partial charge < -0.3 is 10.0 Å². The van der Waals surface area contributed by atoms with Gasteiger partial charge in [0, 0.05) is 13.1 Å². The second-order valence-electron chi connectivity index (χ2n) is 4.13. The highest BCUT2D eigenvalue weighted by molar-refractivity contribution is 5.61. The fourth-order valence-electron chi connectivity index (χ4n) is 1.82. The van der Waals surface area contributed by atoms with Gasteiger partial charge in [0.25, 0.3) is 0 Å². The largest absolute Gasteiger partial charge is 0.386 e. The first-order valence-corrected chi connectivity index (χ1v) is 4.69. The number of anilines is 1. The maximum Gasteiger partial charge on any atom is 0.124 e. The molecule has 1 saturated heterocycles. The number of aliphatic hydroxyl groups is 1. The minimum absolute atomic E-state index is 0.311. The van der Waals surface area contributed by atoms with Crippen molar-refractivity contribution in [2.24, 2.45) is 0 Å². The molecule has 1 aliphatic rings. The van der Waals surface area contributed by atoms with Crippen molar-refractivity contribution in [3.8, 4) is 6.07 Å². The molecule has 1 fully saturated rings. The summed E-state index contributed by atoms with van der Waals surface area (Å²) in [5.74, 6) is -0.414. The number of benzene rings is 1. The molecule has 2 rings (SSSR count). The van der Waals surface area contributed by atoms with Crippen molar-refractivity contribution in [1.29, 1.82) is 5.26 Å². The van der Waals surface area contributed by atoms with Crippen LogP contribution in [0.4, 0.5) is 10.1 Å². The van der Waals surface area contributed by atoms with Crippen molar-refractivity contribution in [3.63, 3.8) is 0 Å². The van der Waals surface area contributed by atoms with Gasteiger partial charge in [0.1, 0.15) is 11.9 Å². The van der Waals surface area contributed by atoms with Crippen molar-refractivity contribution >= 4 is 5.69 Å². The lowest BCUT2D eigenvalue weighted by atomic mass is 9.95. The van der Waals surface area contributed by atoms with Gasteiger partial charge in [-0.15, -0.1) is 0 Å². The first kappa shape index (κ1) is 9.94. The molecule has 4 heteroatoms. The second kappa shape index (κ2) is 3.21. The quantitative estimate of drug-likeness (QED) is 0.752. The van der Waals surface area contributed by atoms with E-state index in [0.717, 1.165) is 0 Å². The van der Waals surface area contributed by atoms with Gasteiger partial charge in [-0.1, -0.05) is 0 Å². The number of hydrogen-bond donors (Lipinski definition) is 1. The predicted molar refractivity (Wildman–Crippen MR) is 54.0 cm³/mol. The number of hydrogen-bond acceptors (Lipinski definition) is 3. The van der Waals surface area contributed by atoms with E-state index in [1.807, 2.05) is 11.0 Å². The van der Waals surface area contributed by atoms with Crippen LogP contribution >= 0.6 is 0 Å². The molecule has 0 saturated carbocycles. The summed E-state index contributed by atoms with van der Waals surface area (Å²) in [6, 6.07) is 6.06.